The van der Waals surface area contributed by atoms with Gasteiger partial charge in [0.05, 0.1) is 5.41 Å². The highest BCUT2D eigenvalue weighted by Crippen LogP contribution is 2.62. The van der Waals surface area contributed by atoms with Gasteiger partial charge in [-0.2, -0.15) is 0 Å². The standard InChI is InChI=1S/C44H28/c1-2-14-32-30(13-1)31-15-3-4-19-37(31)43-29(12-11-20-38(32)43)26-28-24-25-36-35-18-7-10-23-41(35)44(42(36)27-28)39-21-8-5-16-33(39)34-17-6-9-22-40(34)44/h1-25,27H,26H2. The van der Waals surface area contributed by atoms with Crippen LogP contribution in [0.25, 0.3) is 54.6 Å². The Morgan fingerprint density at radius 3 is 1.34 bits per heavy atom. The summed E-state index contributed by atoms with van der Waals surface area (Å²) in [6, 6.07) is 59.1. The van der Waals surface area contributed by atoms with E-state index in [4.69, 9.17) is 0 Å². The van der Waals surface area contributed by atoms with Crippen molar-refractivity contribution in [1.29, 1.82) is 0 Å². The number of hydrogen-bond acceptors (Lipinski definition) is 0. The lowest BCUT2D eigenvalue weighted by atomic mass is 9.70. The molecule has 204 valence electrons. The van der Waals surface area contributed by atoms with Gasteiger partial charge in [-0.15, -0.1) is 0 Å². The summed E-state index contributed by atoms with van der Waals surface area (Å²) < 4.78 is 0. The molecule has 0 unspecified atom stereocenters. The van der Waals surface area contributed by atoms with Gasteiger partial charge < -0.3 is 0 Å². The Morgan fingerprint density at radius 2 is 0.773 bits per heavy atom. The highest BCUT2D eigenvalue weighted by atomic mass is 14.5. The van der Waals surface area contributed by atoms with Crippen LogP contribution in [-0.4, -0.2) is 0 Å². The second-order valence-corrected chi connectivity index (χ2v) is 12.4. The molecule has 1 spiro atoms. The predicted octanol–water partition coefficient (Wildman–Crippen LogP) is 11.1. The lowest BCUT2D eigenvalue weighted by Gasteiger charge is -2.30. The van der Waals surface area contributed by atoms with Crippen LogP contribution in [0.3, 0.4) is 0 Å². The Balaban J connectivity index is 1.23. The fourth-order valence-corrected chi connectivity index (χ4v) is 8.65. The summed E-state index contributed by atoms with van der Waals surface area (Å²) in [5.41, 5.74) is 13.4. The zero-order chi connectivity index (χ0) is 28.8. The van der Waals surface area contributed by atoms with E-state index >= 15 is 0 Å². The fourth-order valence-electron chi connectivity index (χ4n) is 8.65. The van der Waals surface area contributed by atoms with Crippen LogP contribution in [0.5, 0.6) is 0 Å². The van der Waals surface area contributed by atoms with E-state index < -0.39 is 0 Å². The Labute approximate surface area is 256 Å². The molecule has 2 aliphatic rings. The minimum atomic E-state index is -0.309. The summed E-state index contributed by atoms with van der Waals surface area (Å²) in [5, 5.41) is 8.01. The summed E-state index contributed by atoms with van der Waals surface area (Å²) in [6.45, 7) is 0. The van der Waals surface area contributed by atoms with Crippen molar-refractivity contribution in [3.8, 4) is 22.3 Å². The van der Waals surface area contributed by atoms with Gasteiger partial charge in [0, 0.05) is 0 Å². The molecule has 8 aromatic carbocycles. The average molecular weight is 557 g/mol. The Morgan fingerprint density at radius 1 is 0.341 bits per heavy atom. The molecule has 44 heavy (non-hydrogen) atoms. The van der Waals surface area contributed by atoms with Gasteiger partial charge in [-0.3, -0.25) is 0 Å². The molecule has 0 saturated carbocycles. The van der Waals surface area contributed by atoms with Crippen LogP contribution in [0.1, 0.15) is 33.4 Å². The van der Waals surface area contributed by atoms with E-state index in [-0.39, 0.29) is 5.41 Å². The SMILES string of the molecule is c1ccc2c(c1)-c1ccccc1C21c2ccccc2-c2ccc(Cc3cccc4c5ccccc5c5ccccc5c34)cc21. The number of rotatable bonds is 2. The van der Waals surface area contributed by atoms with E-state index in [1.165, 1.54) is 88.0 Å². The maximum Gasteiger partial charge on any atom is 0.0725 e. The molecule has 0 amide bonds. The maximum absolute atomic E-state index is 2.52. The first-order valence-electron chi connectivity index (χ1n) is 15.6. The average Bonchev–Trinajstić information content (AvgIpc) is 3.56. The Bertz CT molecular complexity index is 2370. The van der Waals surface area contributed by atoms with E-state index in [0.29, 0.717) is 0 Å². The van der Waals surface area contributed by atoms with Crippen LogP contribution in [0.15, 0.2) is 158 Å². The van der Waals surface area contributed by atoms with Crippen molar-refractivity contribution >= 4 is 32.3 Å². The molecule has 0 bridgehead atoms. The smallest absolute Gasteiger partial charge is 0.0619 e. The summed E-state index contributed by atoms with van der Waals surface area (Å²) >= 11 is 0. The third kappa shape index (κ3) is 2.98. The summed E-state index contributed by atoms with van der Waals surface area (Å²) in [4.78, 5) is 0. The number of benzene rings is 8. The summed E-state index contributed by atoms with van der Waals surface area (Å²) in [7, 11) is 0. The largest absolute Gasteiger partial charge is 0.0725 e. The van der Waals surface area contributed by atoms with Crippen molar-refractivity contribution in [3.63, 3.8) is 0 Å². The van der Waals surface area contributed by atoms with Crippen LogP contribution in [-0.2, 0) is 11.8 Å². The normalized spacial score (nSPS) is 13.7. The Hall–Kier alpha value is -5.46. The molecule has 0 aromatic heterocycles. The van der Waals surface area contributed by atoms with Gasteiger partial charge >= 0.3 is 0 Å². The molecule has 0 heterocycles. The third-order valence-corrected chi connectivity index (χ3v) is 10.3. The fraction of sp³-hybridized carbons (Fsp3) is 0.0455. The van der Waals surface area contributed by atoms with Gasteiger partial charge in [-0.1, -0.05) is 158 Å². The molecule has 2 aliphatic carbocycles. The van der Waals surface area contributed by atoms with Crippen molar-refractivity contribution in [2.45, 2.75) is 11.8 Å². The van der Waals surface area contributed by atoms with Gasteiger partial charge in [0.25, 0.3) is 0 Å². The second kappa shape index (κ2) is 8.78. The molecule has 0 heteroatoms. The molecular formula is C44H28. The summed E-state index contributed by atoms with van der Waals surface area (Å²) in [6.07, 6.45) is 0.878. The maximum atomic E-state index is 2.52. The Kier molecular flexibility index (Phi) is 4.80. The van der Waals surface area contributed by atoms with E-state index in [1.807, 2.05) is 0 Å². The molecule has 0 fully saturated rings. The first kappa shape index (κ1) is 24.0. The lowest BCUT2D eigenvalue weighted by molar-refractivity contribution is 0.792. The molecular weight excluding hydrogens is 528 g/mol. The zero-order valence-corrected chi connectivity index (χ0v) is 24.2. The van der Waals surface area contributed by atoms with Crippen LogP contribution < -0.4 is 0 Å². The van der Waals surface area contributed by atoms with Gasteiger partial charge in [-0.25, -0.2) is 0 Å². The van der Waals surface area contributed by atoms with E-state index in [9.17, 15) is 0 Å². The molecule has 8 aromatic rings. The van der Waals surface area contributed by atoms with Crippen LogP contribution >= 0.6 is 0 Å². The van der Waals surface area contributed by atoms with Crippen molar-refractivity contribution in [2.75, 3.05) is 0 Å². The molecule has 0 N–H and O–H groups in total. The van der Waals surface area contributed by atoms with E-state index in [1.54, 1.807) is 0 Å². The van der Waals surface area contributed by atoms with Gasteiger partial charge in [0.2, 0.25) is 0 Å². The highest BCUT2D eigenvalue weighted by Gasteiger charge is 2.51. The first-order valence-corrected chi connectivity index (χ1v) is 15.6. The van der Waals surface area contributed by atoms with Gasteiger partial charge in [-0.05, 0) is 94.4 Å². The quantitative estimate of drug-likeness (QED) is 0.186. The molecule has 0 atom stereocenters. The monoisotopic (exact) mass is 556 g/mol. The van der Waals surface area contributed by atoms with Crippen molar-refractivity contribution in [2.24, 2.45) is 0 Å². The predicted molar refractivity (Wildman–Crippen MR) is 185 cm³/mol. The van der Waals surface area contributed by atoms with Gasteiger partial charge in [0.15, 0.2) is 0 Å². The van der Waals surface area contributed by atoms with E-state index in [0.717, 1.165) is 6.42 Å². The second-order valence-electron chi connectivity index (χ2n) is 12.4. The minimum Gasteiger partial charge on any atom is -0.0619 e. The summed E-state index contributed by atoms with van der Waals surface area (Å²) in [5.74, 6) is 0. The zero-order valence-electron chi connectivity index (χ0n) is 24.2. The molecule has 0 nitrogen and oxygen atoms in total. The number of fused-ring (bicyclic) bond motifs is 16. The topological polar surface area (TPSA) is 0 Å². The van der Waals surface area contributed by atoms with E-state index in [2.05, 4.69) is 158 Å². The van der Waals surface area contributed by atoms with Crippen molar-refractivity contribution in [1.82, 2.24) is 0 Å². The highest BCUT2D eigenvalue weighted by molar-refractivity contribution is 6.26. The van der Waals surface area contributed by atoms with Crippen LogP contribution in [0.4, 0.5) is 0 Å². The lowest BCUT2D eigenvalue weighted by Crippen LogP contribution is -2.26. The van der Waals surface area contributed by atoms with Gasteiger partial charge in [0.1, 0.15) is 0 Å². The van der Waals surface area contributed by atoms with Crippen molar-refractivity contribution in [3.05, 3.63) is 191 Å². The number of hydrogen-bond donors (Lipinski definition) is 0. The van der Waals surface area contributed by atoms with Crippen LogP contribution in [0.2, 0.25) is 0 Å². The molecule has 10 rings (SSSR count). The molecule has 0 saturated heterocycles. The minimum absolute atomic E-state index is 0.309. The third-order valence-electron chi connectivity index (χ3n) is 10.3. The van der Waals surface area contributed by atoms with Crippen molar-refractivity contribution < 1.29 is 0 Å². The molecule has 0 radical (unpaired) electrons. The molecule has 0 aliphatic heterocycles. The first-order chi connectivity index (χ1) is 21.8. The van der Waals surface area contributed by atoms with Crippen LogP contribution in [0, 0.1) is 0 Å².